The first kappa shape index (κ1) is 32.3. The lowest BCUT2D eigenvalue weighted by molar-refractivity contribution is 0.484. The van der Waals surface area contributed by atoms with E-state index in [-0.39, 0.29) is 17.4 Å². The van der Waals surface area contributed by atoms with Crippen LogP contribution < -0.4 is 0 Å². The quantitative estimate of drug-likeness (QED) is 0.178. The van der Waals surface area contributed by atoms with Crippen molar-refractivity contribution in [3.8, 4) is 11.1 Å². The summed E-state index contributed by atoms with van der Waals surface area (Å²) in [5.74, 6) is 1.34. The van der Waals surface area contributed by atoms with Gasteiger partial charge in [-0.25, -0.2) is 4.99 Å². The zero-order chi connectivity index (χ0) is 36.7. The lowest BCUT2D eigenvalue weighted by atomic mass is 9.65. The van der Waals surface area contributed by atoms with E-state index in [2.05, 4.69) is 178 Å². The molecule has 4 heteroatoms. The first-order valence-electron chi connectivity index (χ1n) is 19.3. The van der Waals surface area contributed by atoms with Gasteiger partial charge in [0.05, 0.1) is 11.8 Å². The molecule has 55 heavy (non-hydrogen) atoms. The first-order valence-corrected chi connectivity index (χ1v) is 20.1. The molecule has 8 aromatic rings. The fourth-order valence-corrected chi connectivity index (χ4v) is 10.5. The zero-order valence-electron chi connectivity index (χ0n) is 30.7. The average molecular weight is 727 g/mol. The van der Waals surface area contributed by atoms with Crippen molar-refractivity contribution in [1.82, 2.24) is 0 Å². The lowest BCUT2D eigenvalue weighted by Crippen LogP contribution is -2.32. The Morgan fingerprint density at radius 2 is 1.55 bits per heavy atom. The van der Waals surface area contributed by atoms with E-state index in [0.29, 0.717) is 5.92 Å². The van der Waals surface area contributed by atoms with Crippen LogP contribution in [-0.4, -0.2) is 11.5 Å². The molecular formula is C51H38N2OS. The van der Waals surface area contributed by atoms with Crippen LogP contribution in [0.2, 0.25) is 0 Å². The Kier molecular flexibility index (Phi) is 7.34. The van der Waals surface area contributed by atoms with Gasteiger partial charge in [-0.3, -0.25) is 4.99 Å². The van der Waals surface area contributed by atoms with Crippen LogP contribution in [0, 0.1) is 11.8 Å². The monoisotopic (exact) mass is 726 g/mol. The topological polar surface area (TPSA) is 37.9 Å². The SMILES string of the molecule is CC1CC(c2ccccc2)=NC(c2cccc3oc4cc(-c5cccc6c5sc5ccccc56)ccc4c23)=NC1c1ccc2c(c1)C=CC1C=CC=CC21C. The number of furan rings is 1. The third-order valence-corrected chi connectivity index (χ3v) is 13.4. The van der Waals surface area contributed by atoms with Crippen molar-refractivity contribution in [3.05, 3.63) is 186 Å². The summed E-state index contributed by atoms with van der Waals surface area (Å²) in [5.41, 5.74) is 11.1. The predicted molar refractivity (Wildman–Crippen MR) is 233 cm³/mol. The van der Waals surface area contributed by atoms with Gasteiger partial charge in [0.25, 0.3) is 0 Å². The highest BCUT2D eigenvalue weighted by Gasteiger charge is 2.36. The fourth-order valence-electron chi connectivity index (χ4n) is 9.26. The highest BCUT2D eigenvalue weighted by Crippen LogP contribution is 2.46. The Morgan fingerprint density at radius 3 is 2.47 bits per heavy atom. The number of hydrogen-bond donors (Lipinski definition) is 0. The van der Waals surface area contributed by atoms with Crippen molar-refractivity contribution in [2.24, 2.45) is 21.8 Å². The maximum atomic E-state index is 6.69. The Labute approximate surface area is 324 Å². The highest BCUT2D eigenvalue weighted by molar-refractivity contribution is 7.26. The Hall–Kier alpha value is -6.10. The van der Waals surface area contributed by atoms with E-state index in [1.807, 2.05) is 11.3 Å². The van der Waals surface area contributed by atoms with Gasteiger partial charge in [0, 0.05) is 47.8 Å². The van der Waals surface area contributed by atoms with Gasteiger partial charge in [-0.2, -0.15) is 0 Å². The summed E-state index contributed by atoms with van der Waals surface area (Å²) in [4.78, 5) is 11.1. The molecule has 11 rings (SSSR count). The summed E-state index contributed by atoms with van der Waals surface area (Å²) < 4.78 is 9.30. The zero-order valence-corrected chi connectivity index (χ0v) is 31.6. The van der Waals surface area contributed by atoms with Gasteiger partial charge >= 0.3 is 0 Å². The third-order valence-electron chi connectivity index (χ3n) is 12.2. The summed E-state index contributed by atoms with van der Waals surface area (Å²) in [7, 11) is 0. The second kappa shape index (κ2) is 12.5. The molecule has 0 saturated carbocycles. The van der Waals surface area contributed by atoms with Crippen LogP contribution in [0.15, 0.2) is 172 Å². The van der Waals surface area contributed by atoms with Crippen molar-refractivity contribution in [2.75, 3.05) is 0 Å². The number of allylic oxidation sites excluding steroid dienone is 5. The maximum Gasteiger partial charge on any atom is 0.156 e. The lowest BCUT2D eigenvalue weighted by Gasteiger charge is -2.38. The molecule has 0 radical (unpaired) electrons. The molecule has 0 bridgehead atoms. The second-order valence-corrected chi connectivity index (χ2v) is 16.6. The number of thiophene rings is 1. The van der Waals surface area contributed by atoms with Crippen molar-refractivity contribution in [1.29, 1.82) is 0 Å². The van der Waals surface area contributed by atoms with Gasteiger partial charge in [-0.1, -0.05) is 147 Å². The van der Waals surface area contributed by atoms with E-state index in [1.165, 1.54) is 42.4 Å². The van der Waals surface area contributed by atoms with Gasteiger partial charge in [0.2, 0.25) is 0 Å². The molecule has 2 aliphatic carbocycles. The number of benzene rings is 6. The molecule has 6 aromatic carbocycles. The fraction of sp³-hybridized carbons (Fsp3) is 0.137. The van der Waals surface area contributed by atoms with E-state index in [9.17, 15) is 0 Å². The Morgan fingerprint density at radius 1 is 0.709 bits per heavy atom. The normalized spacial score (nSPS) is 21.8. The molecule has 264 valence electrons. The second-order valence-electron chi connectivity index (χ2n) is 15.5. The molecule has 2 aromatic heterocycles. The van der Waals surface area contributed by atoms with Gasteiger partial charge in [-0.15, -0.1) is 11.3 Å². The average Bonchev–Trinajstić information content (AvgIpc) is 3.74. The summed E-state index contributed by atoms with van der Waals surface area (Å²) in [6.07, 6.45) is 14.5. The number of fused-ring (bicyclic) bond motifs is 9. The van der Waals surface area contributed by atoms with Crippen LogP contribution in [0.4, 0.5) is 0 Å². The summed E-state index contributed by atoms with van der Waals surface area (Å²) in [6, 6.07) is 45.9. The van der Waals surface area contributed by atoms with Crippen molar-refractivity contribution >= 4 is 71.1 Å². The van der Waals surface area contributed by atoms with Crippen LogP contribution in [0.5, 0.6) is 0 Å². The molecule has 4 atom stereocenters. The molecule has 1 aliphatic heterocycles. The van der Waals surface area contributed by atoms with Crippen LogP contribution in [0.25, 0.3) is 59.3 Å². The number of nitrogens with zero attached hydrogens (tertiary/aromatic N) is 2. The van der Waals surface area contributed by atoms with Gasteiger partial charge in [0.15, 0.2) is 5.84 Å². The van der Waals surface area contributed by atoms with Gasteiger partial charge in [-0.05, 0) is 76.1 Å². The summed E-state index contributed by atoms with van der Waals surface area (Å²) in [6.45, 7) is 4.68. The van der Waals surface area contributed by atoms with Crippen molar-refractivity contribution in [2.45, 2.75) is 31.7 Å². The molecule has 3 nitrogen and oxygen atoms in total. The molecular weight excluding hydrogens is 689 g/mol. The molecule has 0 amide bonds. The number of hydrogen-bond acceptors (Lipinski definition) is 4. The Bertz CT molecular complexity index is 3010. The number of aliphatic imine (C=N–C) groups is 2. The summed E-state index contributed by atoms with van der Waals surface area (Å²) in [5, 5.41) is 4.72. The molecule has 0 saturated heterocycles. The molecule has 0 N–H and O–H groups in total. The maximum absolute atomic E-state index is 6.69. The molecule has 0 fully saturated rings. The Balaban J connectivity index is 1.06. The third kappa shape index (κ3) is 5.16. The molecule has 3 heterocycles. The molecule has 3 aliphatic rings. The minimum atomic E-state index is -0.0761. The van der Waals surface area contributed by atoms with E-state index in [4.69, 9.17) is 14.4 Å². The van der Waals surface area contributed by atoms with Crippen LogP contribution in [-0.2, 0) is 5.41 Å². The van der Waals surface area contributed by atoms with Crippen LogP contribution >= 0.6 is 11.3 Å². The standard InChI is InChI=1S/C51H38N2OS/c1-31-28-43(32-12-4-3-5-13-32)52-50(53-48(31)35-23-26-42-34(29-35)21-24-36-14-8-9-27-51(36,42)2)41-18-11-19-44-47(41)40-25-22-33(30-45(40)54-44)37-16-10-17-39-38-15-6-7-20-46(38)55-49(37)39/h3-27,29-31,36,48H,28H2,1-2H3. The van der Waals surface area contributed by atoms with Crippen molar-refractivity contribution in [3.63, 3.8) is 0 Å². The number of amidine groups is 1. The number of rotatable bonds is 4. The van der Waals surface area contributed by atoms with E-state index >= 15 is 0 Å². The first-order chi connectivity index (χ1) is 27.0. The smallest absolute Gasteiger partial charge is 0.156 e. The minimum absolute atomic E-state index is 0.0489. The largest absolute Gasteiger partial charge is 0.456 e. The van der Waals surface area contributed by atoms with E-state index < -0.39 is 0 Å². The minimum Gasteiger partial charge on any atom is -0.456 e. The van der Waals surface area contributed by atoms with Crippen molar-refractivity contribution < 1.29 is 4.42 Å². The van der Waals surface area contributed by atoms with Crippen LogP contribution in [0.3, 0.4) is 0 Å². The summed E-state index contributed by atoms with van der Waals surface area (Å²) >= 11 is 1.86. The van der Waals surface area contributed by atoms with Gasteiger partial charge in [0.1, 0.15) is 11.2 Å². The highest BCUT2D eigenvalue weighted by atomic mass is 32.1. The van der Waals surface area contributed by atoms with E-state index in [0.717, 1.165) is 56.6 Å². The van der Waals surface area contributed by atoms with Gasteiger partial charge < -0.3 is 4.42 Å². The van der Waals surface area contributed by atoms with Crippen LogP contribution in [0.1, 0.15) is 54.1 Å². The predicted octanol–water partition coefficient (Wildman–Crippen LogP) is 13.7. The molecule has 4 unspecified atom stereocenters. The van der Waals surface area contributed by atoms with E-state index in [1.54, 1.807) is 0 Å². The molecule has 0 spiro atoms.